The van der Waals surface area contributed by atoms with Gasteiger partial charge in [0.05, 0.1) is 11.6 Å². The number of hydrogen-bond acceptors (Lipinski definition) is 1. The van der Waals surface area contributed by atoms with Crippen LogP contribution in [0.3, 0.4) is 0 Å². The highest BCUT2D eigenvalue weighted by molar-refractivity contribution is 5.90. The van der Waals surface area contributed by atoms with Crippen LogP contribution in [-0.4, -0.2) is 0 Å². The molecule has 0 saturated carbocycles. The van der Waals surface area contributed by atoms with E-state index in [0.717, 1.165) is 12.0 Å². The lowest BCUT2D eigenvalue weighted by Crippen LogP contribution is -1.83. The van der Waals surface area contributed by atoms with E-state index >= 15 is 0 Å². The third-order valence-electron chi connectivity index (χ3n) is 4.88. The predicted octanol–water partition coefficient (Wildman–Crippen LogP) is 6.61. The first kappa shape index (κ1) is 16.1. The van der Waals surface area contributed by atoms with Crippen molar-refractivity contribution >= 4 is 10.8 Å². The summed E-state index contributed by atoms with van der Waals surface area (Å²) in [5.74, 6) is 0. The van der Waals surface area contributed by atoms with Gasteiger partial charge in [-0.3, -0.25) is 0 Å². The Morgan fingerprint density at radius 3 is 1.54 bits per heavy atom. The summed E-state index contributed by atoms with van der Waals surface area (Å²) < 4.78 is 0. The van der Waals surface area contributed by atoms with Gasteiger partial charge in [-0.1, -0.05) is 67.6 Å². The zero-order valence-electron chi connectivity index (χ0n) is 14.7. The summed E-state index contributed by atoms with van der Waals surface area (Å²) in [5, 5.41) is 11.4. The molecule has 0 fully saturated rings. The van der Waals surface area contributed by atoms with E-state index < -0.39 is 0 Å². The Kier molecular flexibility index (Phi) is 4.25. The molecule has 1 nitrogen and oxygen atoms in total. The van der Waals surface area contributed by atoms with Gasteiger partial charge in [-0.05, 0) is 69.3 Å². The van der Waals surface area contributed by atoms with Crippen molar-refractivity contribution in [2.45, 2.75) is 13.3 Å². The van der Waals surface area contributed by atoms with E-state index in [9.17, 15) is 0 Å². The monoisotopic (exact) mass is 333 g/mol. The Hall–Kier alpha value is -3.37. The van der Waals surface area contributed by atoms with Crippen LogP contribution >= 0.6 is 0 Å². The van der Waals surface area contributed by atoms with Gasteiger partial charge < -0.3 is 0 Å². The van der Waals surface area contributed by atoms with Gasteiger partial charge in [-0.15, -0.1) is 0 Å². The van der Waals surface area contributed by atoms with Gasteiger partial charge in [-0.2, -0.15) is 5.26 Å². The molecular weight excluding hydrogens is 314 g/mol. The number of benzene rings is 4. The summed E-state index contributed by atoms with van der Waals surface area (Å²) in [6.07, 6.45) is 1.07. The van der Waals surface area contributed by atoms with Crippen LogP contribution in [0.15, 0.2) is 84.9 Å². The SMILES string of the molecule is CCc1ccc(-c2ccc3cc(-c4ccc(C#N)cc4)ccc3c2)cc1. The summed E-state index contributed by atoms with van der Waals surface area (Å²) in [5.41, 5.74) is 6.84. The fraction of sp³-hybridized carbons (Fsp3) is 0.0800. The van der Waals surface area contributed by atoms with Crippen molar-refractivity contribution in [1.82, 2.24) is 0 Å². The Balaban J connectivity index is 1.70. The van der Waals surface area contributed by atoms with Crippen molar-refractivity contribution in [3.8, 4) is 28.3 Å². The number of nitrogens with zero attached hydrogens (tertiary/aromatic N) is 1. The molecule has 0 atom stereocenters. The fourth-order valence-electron chi connectivity index (χ4n) is 3.27. The van der Waals surface area contributed by atoms with Crippen molar-refractivity contribution < 1.29 is 0 Å². The molecule has 1 heteroatoms. The average molecular weight is 333 g/mol. The number of nitriles is 1. The van der Waals surface area contributed by atoms with E-state index in [1.807, 2.05) is 24.3 Å². The number of fused-ring (bicyclic) bond motifs is 1. The number of aryl methyl sites for hydroxylation is 1. The molecule has 0 amide bonds. The van der Waals surface area contributed by atoms with E-state index in [2.05, 4.69) is 73.7 Å². The van der Waals surface area contributed by atoms with Crippen LogP contribution in [0.2, 0.25) is 0 Å². The summed E-state index contributed by atoms with van der Waals surface area (Å²) in [6.45, 7) is 2.18. The minimum absolute atomic E-state index is 0.688. The standard InChI is InChI=1S/C25H19N/c1-2-18-3-7-20(8-4-18)22-11-13-25-16-23(12-14-24(25)15-22)21-9-5-19(17-26)6-10-21/h3-16H,2H2,1H3. The van der Waals surface area contributed by atoms with Gasteiger partial charge in [-0.25, -0.2) is 0 Å². The van der Waals surface area contributed by atoms with Crippen molar-refractivity contribution in [2.24, 2.45) is 0 Å². The highest BCUT2D eigenvalue weighted by atomic mass is 14.2. The summed E-state index contributed by atoms with van der Waals surface area (Å²) in [4.78, 5) is 0. The average Bonchev–Trinajstić information content (AvgIpc) is 2.73. The highest BCUT2D eigenvalue weighted by Gasteiger charge is 2.03. The fourth-order valence-corrected chi connectivity index (χ4v) is 3.27. The van der Waals surface area contributed by atoms with Gasteiger partial charge >= 0.3 is 0 Å². The quantitative estimate of drug-likeness (QED) is 0.414. The van der Waals surface area contributed by atoms with Gasteiger partial charge in [0.2, 0.25) is 0 Å². The van der Waals surface area contributed by atoms with Crippen LogP contribution < -0.4 is 0 Å². The van der Waals surface area contributed by atoms with Crippen LogP contribution in [0.1, 0.15) is 18.1 Å². The van der Waals surface area contributed by atoms with Crippen LogP contribution in [0.25, 0.3) is 33.0 Å². The number of hydrogen-bond donors (Lipinski definition) is 0. The molecule has 0 aliphatic heterocycles. The van der Waals surface area contributed by atoms with Crippen LogP contribution in [-0.2, 0) is 6.42 Å². The first-order valence-electron chi connectivity index (χ1n) is 8.90. The minimum atomic E-state index is 0.688. The Morgan fingerprint density at radius 2 is 1.08 bits per heavy atom. The maximum Gasteiger partial charge on any atom is 0.0991 e. The van der Waals surface area contributed by atoms with Crippen molar-refractivity contribution in [1.29, 1.82) is 5.26 Å². The second-order valence-corrected chi connectivity index (χ2v) is 6.52. The molecule has 0 unspecified atom stereocenters. The molecule has 0 aromatic heterocycles. The first-order valence-corrected chi connectivity index (χ1v) is 8.90. The normalized spacial score (nSPS) is 10.6. The molecule has 0 bridgehead atoms. The third kappa shape index (κ3) is 3.10. The van der Waals surface area contributed by atoms with Crippen LogP contribution in [0, 0.1) is 11.3 Å². The van der Waals surface area contributed by atoms with Crippen LogP contribution in [0.4, 0.5) is 0 Å². The van der Waals surface area contributed by atoms with Gasteiger partial charge in [0.25, 0.3) is 0 Å². The molecule has 0 spiro atoms. The largest absolute Gasteiger partial charge is 0.192 e. The van der Waals surface area contributed by atoms with E-state index in [1.54, 1.807) is 0 Å². The van der Waals surface area contributed by atoms with E-state index in [1.165, 1.54) is 33.0 Å². The lowest BCUT2D eigenvalue weighted by atomic mass is 9.97. The molecule has 0 radical (unpaired) electrons. The summed E-state index contributed by atoms with van der Waals surface area (Å²) in [7, 11) is 0. The van der Waals surface area contributed by atoms with Crippen molar-refractivity contribution in [3.05, 3.63) is 96.1 Å². The number of rotatable bonds is 3. The second kappa shape index (κ2) is 6.86. The van der Waals surface area contributed by atoms with Gasteiger partial charge in [0.15, 0.2) is 0 Å². The zero-order valence-corrected chi connectivity index (χ0v) is 14.7. The molecule has 0 aliphatic carbocycles. The van der Waals surface area contributed by atoms with Crippen molar-refractivity contribution in [3.63, 3.8) is 0 Å². The molecule has 0 N–H and O–H groups in total. The van der Waals surface area contributed by atoms with E-state index in [0.29, 0.717) is 5.56 Å². The minimum Gasteiger partial charge on any atom is -0.192 e. The smallest absolute Gasteiger partial charge is 0.0991 e. The zero-order chi connectivity index (χ0) is 17.9. The molecular formula is C25H19N. The Bertz CT molecular complexity index is 1100. The van der Waals surface area contributed by atoms with E-state index in [-0.39, 0.29) is 0 Å². The summed E-state index contributed by atoms with van der Waals surface area (Å²) >= 11 is 0. The molecule has 0 aliphatic rings. The first-order chi connectivity index (χ1) is 12.8. The van der Waals surface area contributed by atoms with E-state index in [4.69, 9.17) is 5.26 Å². The maximum atomic E-state index is 8.94. The van der Waals surface area contributed by atoms with Gasteiger partial charge in [0.1, 0.15) is 0 Å². The molecule has 26 heavy (non-hydrogen) atoms. The van der Waals surface area contributed by atoms with Crippen LogP contribution in [0.5, 0.6) is 0 Å². The lowest BCUT2D eigenvalue weighted by Gasteiger charge is -2.08. The third-order valence-corrected chi connectivity index (χ3v) is 4.88. The molecule has 0 heterocycles. The molecule has 124 valence electrons. The molecule has 4 aromatic rings. The lowest BCUT2D eigenvalue weighted by molar-refractivity contribution is 1.14. The topological polar surface area (TPSA) is 23.8 Å². The van der Waals surface area contributed by atoms with Gasteiger partial charge in [0, 0.05) is 0 Å². The predicted molar refractivity (Wildman–Crippen MR) is 109 cm³/mol. The Labute approximate surface area is 154 Å². The highest BCUT2D eigenvalue weighted by Crippen LogP contribution is 2.29. The second-order valence-electron chi connectivity index (χ2n) is 6.52. The molecule has 4 rings (SSSR count). The van der Waals surface area contributed by atoms with Crippen molar-refractivity contribution in [2.75, 3.05) is 0 Å². The maximum absolute atomic E-state index is 8.94. The summed E-state index contributed by atoms with van der Waals surface area (Å²) in [6, 6.07) is 31.9. The molecule has 0 saturated heterocycles. The Morgan fingerprint density at radius 1 is 0.615 bits per heavy atom. The molecule has 4 aromatic carbocycles.